The number of halogens is 1. The number of nitrogens with one attached hydrogen (secondary N) is 1. The monoisotopic (exact) mass is 224 g/mol. The molecule has 1 aromatic carbocycles. The minimum Gasteiger partial charge on any atom is -0.350 e. The van der Waals surface area contributed by atoms with Gasteiger partial charge in [-0.15, -0.1) is 0 Å². The summed E-state index contributed by atoms with van der Waals surface area (Å²) in [5.41, 5.74) is 6.20. The molecule has 0 heterocycles. The van der Waals surface area contributed by atoms with Gasteiger partial charge in [-0.05, 0) is 37.6 Å². The summed E-state index contributed by atoms with van der Waals surface area (Å²) in [6, 6.07) is 6.01. The fourth-order valence-corrected chi connectivity index (χ4v) is 1.41. The average molecular weight is 224 g/mol. The van der Waals surface area contributed by atoms with Gasteiger partial charge in [0.15, 0.2) is 0 Å². The van der Waals surface area contributed by atoms with Gasteiger partial charge in [-0.25, -0.2) is 4.39 Å². The van der Waals surface area contributed by atoms with E-state index in [1.54, 1.807) is 12.1 Å². The zero-order valence-electron chi connectivity index (χ0n) is 9.37. The molecule has 0 saturated carbocycles. The minimum atomic E-state index is -0.273. The SMILES string of the molecule is C[C@@H](NC(=O)CCCN)c1ccc(F)cc1. The lowest BCUT2D eigenvalue weighted by Gasteiger charge is -2.14. The van der Waals surface area contributed by atoms with Crippen LogP contribution in [-0.2, 0) is 4.79 Å². The van der Waals surface area contributed by atoms with Crippen molar-refractivity contribution in [3.05, 3.63) is 35.6 Å². The van der Waals surface area contributed by atoms with Gasteiger partial charge in [-0.3, -0.25) is 4.79 Å². The van der Waals surface area contributed by atoms with Crippen LogP contribution in [0.4, 0.5) is 4.39 Å². The van der Waals surface area contributed by atoms with Gasteiger partial charge in [0.1, 0.15) is 5.82 Å². The molecule has 3 nitrogen and oxygen atoms in total. The highest BCUT2D eigenvalue weighted by Crippen LogP contribution is 2.12. The van der Waals surface area contributed by atoms with Crippen LogP contribution < -0.4 is 11.1 Å². The van der Waals surface area contributed by atoms with Crippen molar-refractivity contribution in [2.24, 2.45) is 5.73 Å². The molecule has 1 atom stereocenters. The van der Waals surface area contributed by atoms with Crippen LogP contribution in [0.2, 0.25) is 0 Å². The fraction of sp³-hybridized carbons (Fsp3) is 0.417. The van der Waals surface area contributed by atoms with Gasteiger partial charge < -0.3 is 11.1 Å². The first-order valence-corrected chi connectivity index (χ1v) is 5.38. The van der Waals surface area contributed by atoms with Gasteiger partial charge in [0.05, 0.1) is 6.04 Å². The number of amides is 1. The highest BCUT2D eigenvalue weighted by molar-refractivity contribution is 5.76. The second-order valence-corrected chi connectivity index (χ2v) is 3.73. The Balaban J connectivity index is 2.48. The average Bonchev–Trinajstić information content (AvgIpc) is 2.27. The maximum atomic E-state index is 12.7. The summed E-state index contributed by atoms with van der Waals surface area (Å²) in [6.07, 6.45) is 1.12. The molecule has 0 aliphatic heterocycles. The van der Waals surface area contributed by atoms with Crippen LogP contribution in [-0.4, -0.2) is 12.5 Å². The van der Waals surface area contributed by atoms with Gasteiger partial charge in [-0.1, -0.05) is 12.1 Å². The number of nitrogens with two attached hydrogens (primary N) is 1. The maximum absolute atomic E-state index is 12.7. The number of benzene rings is 1. The third-order valence-electron chi connectivity index (χ3n) is 2.36. The Morgan fingerprint density at radius 2 is 2.06 bits per heavy atom. The third kappa shape index (κ3) is 3.98. The van der Waals surface area contributed by atoms with E-state index in [1.807, 2.05) is 6.92 Å². The topological polar surface area (TPSA) is 55.1 Å². The molecule has 1 aromatic rings. The van der Waals surface area contributed by atoms with E-state index in [9.17, 15) is 9.18 Å². The largest absolute Gasteiger partial charge is 0.350 e. The summed E-state index contributed by atoms with van der Waals surface area (Å²) >= 11 is 0. The van der Waals surface area contributed by atoms with Crippen molar-refractivity contribution >= 4 is 5.91 Å². The Labute approximate surface area is 94.8 Å². The second-order valence-electron chi connectivity index (χ2n) is 3.73. The number of carbonyl (C=O) groups is 1. The lowest BCUT2D eigenvalue weighted by atomic mass is 10.1. The van der Waals surface area contributed by atoms with E-state index in [1.165, 1.54) is 12.1 Å². The first-order chi connectivity index (χ1) is 7.63. The molecule has 0 aliphatic rings. The van der Waals surface area contributed by atoms with Crippen LogP contribution in [0.1, 0.15) is 31.4 Å². The van der Waals surface area contributed by atoms with Crippen molar-refractivity contribution in [2.75, 3.05) is 6.54 Å². The van der Waals surface area contributed by atoms with Crippen LogP contribution in [0.5, 0.6) is 0 Å². The highest BCUT2D eigenvalue weighted by atomic mass is 19.1. The molecular weight excluding hydrogens is 207 g/mol. The summed E-state index contributed by atoms with van der Waals surface area (Å²) in [4.78, 5) is 11.4. The molecule has 4 heteroatoms. The van der Waals surface area contributed by atoms with Gasteiger partial charge >= 0.3 is 0 Å². The molecule has 16 heavy (non-hydrogen) atoms. The Kier molecular flexibility index (Phi) is 4.92. The Morgan fingerprint density at radius 1 is 1.44 bits per heavy atom. The van der Waals surface area contributed by atoms with E-state index in [0.717, 1.165) is 5.56 Å². The van der Waals surface area contributed by atoms with E-state index in [4.69, 9.17) is 5.73 Å². The molecule has 0 fully saturated rings. The molecule has 0 radical (unpaired) electrons. The number of carbonyl (C=O) groups excluding carboxylic acids is 1. The van der Waals surface area contributed by atoms with Crippen molar-refractivity contribution in [3.8, 4) is 0 Å². The van der Waals surface area contributed by atoms with Gasteiger partial charge in [-0.2, -0.15) is 0 Å². The van der Waals surface area contributed by atoms with Crippen molar-refractivity contribution in [2.45, 2.75) is 25.8 Å². The molecule has 0 aromatic heterocycles. The van der Waals surface area contributed by atoms with E-state index < -0.39 is 0 Å². The zero-order valence-corrected chi connectivity index (χ0v) is 9.37. The Hall–Kier alpha value is -1.42. The van der Waals surface area contributed by atoms with Crippen molar-refractivity contribution in [1.29, 1.82) is 0 Å². The van der Waals surface area contributed by atoms with E-state index >= 15 is 0 Å². The van der Waals surface area contributed by atoms with E-state index in [0.29, 0.717) is 19.4 Å². The first kappa shape index (κ1) is 12.6. The zero-order chi connectivity index (χ0) is 12.0. The first-order valence-electron chi connectivity index (χ1n) is 5.38. The predicted octanol–water partition coefficient (Wildman–Crippen LogP) is 1.74. The van der Waals surface area contributed by atoms with Crippen molar-refractivity contribution in [3.63, 3.8) is 0 Å². The summed E-state index contributed by atoms with van der Waals surface area (Å²) < 4.78 is 12.7. The molecule has 1 rings (SSSR count). The smallest absolute Gasteiger partial charge is 0.220 e. The summed E-state index contributed by atoms with van der Waals surface area (Å²) in [6.45, 7) is 2.38. The van der Waals surface area contributed by atoms with Crippen LogP contribution >= 0.6 is 0 Å². The van der Waals surface area contributed by atoms with Gasteiger partial charge in [0, 0.05) is 6.42 Å². The molecule has 0 spiro atoms. The van der Waals surface area contributed by atoms with Crippen LogP contribution in [0.15, 0.2) is 24.3 Å². The summed E-state index contributed by atoms with van der Waals surface area (Å²) in [5.74, 6) is -0.298. The van der Waals surface area contributed by atoms with Crippen LogP contribution in [0, 0.1) is 5.82 Å². The van der Waals surface area contributed by atoms with Crippen molar-refractivity contribution < 1.29 is 9.18 Å². The second kappa shape index (κ2) is 6.23. The Morgan fingerprint density at radius 3 is 2.62 bits per heavy atom. The van der Waals surface area contributed by atoms with Crippen LogP contribution in [0.3, 0.4) is 0 Å². The number of hydrogen-bond donors (Lipinski definition) is 2. The summed E-state index contributed by atoms with van der Waals surface area (Å²) in [5, 5.41) is 2.83. The predicted molar refractivity (Wildman–Crippen MR) is 61.2 cm³/mol. The normalized spacial score (nSPS) is 12.2. The molecule has 1 amide bonds. The number of rotatable bonds is 5. The molecule has 0 bridgehead atoms. The van der Waals surface area contributed by atoms with Crippen LogP contribution in [0.25, 0.3) is 0 Å². The van der Waals surface area contributed by atoms with Gasteiger partial charge in [0.2, 0.25) is 5.91 Å². The third-order valence-corrected chi connectivity index (χ3v) is 2.36. The fourth-order valence-electron chi connectivity index (χ4n) is 1.41. The van der Waals surface area contributed by atoms with Gasteiger partial charge in [0.25, 0.3) is 0 Å². The maximum Gasteiger partial charge on any atom is 0.220 e. The highest BCUT2D eigenvalue weighted by Gasteiger charge is 2.08. The molecule has 3 N–H and O–H groups in total. The van der Waals surface area contributed by atoms with E-state index in [-0.39, 0.29) is 17.8 Å². The van der Waals surface area contributed by atoms with Crippen molar-refractivity contribution in [1.82, 2.24) is 5.32 Å². The molecule has 0 unspecified atom stereocenters. The molecule has 88 valence electrons. The molecule has 0 saturated heterocycles. The molecule has 0 aliphatic carbocycles. The standard InChI is InChI=1S/C12H17FN2O/c1-9(15-12(16)3-2-8-14)10-4-6-11(13)7-5-10/h4-7,9H,2-3,8,14H2,1H3,(H,15,16)/t9-/m1/s1. The quantitative estimate of drug-likeness (QED) is 0.800. The summed E-state index contributed by atoms with van der Waals surface area (Å²) in [7, 11) is 0. The van der Waals surface area contributed by atoms with E-state index in [2.05, 4.69) is 5.32 Å². The minimum absolute atomic E-state index is 0.0257. The lowest BCUT2D eigenvalue weighted by molar-refractivity contribution is -0.121. The lowest BCUT2D eigenvalue weighted by Crippen LogP contribution is -2.26. The Bertz CT molecular complexity index is 337. The molecular formula is C12H17FN2O. The number of hydrogen-bond acceptors (Lipinski definition) is 2.